The predicted octanol–water partition coefficient (Wildman–Crippen LogP) is 4.05. The molecule has 0 aliphatic carbocycles. The molecule has 0 saturated heterocycles. The zero-order valence-corrected chi connectivity index (χ0v) is 11.5. The highest BCUT2D eigenvalue weighted by Crippen LogP contribution is 2.23. The van der Waals surface area contributed by atoms with E-state index in [4.69, 9.17) is 11.6 Å². The van der Waals surface area contributed by atoms with Gasteiger partial charge >= 0.3 is 0 Å². The van der Waals surface area contributed by atoms with Crippen LogP contribution in [0.4, 0.5) is 4.39 Å². The van der Waals surface area contributed by atoms with E-state index in [1.165, 1.54) is 6.07 Å². The van der Waals surface area contributed by atoms with Gasteiger partial charge in [0, 0.05) is 16.6 Å². The molecule has 1 aromatic carbocycles. The molecule has 1 aromatic rings. The molecule has 1 N–H and O–H groups in total. The van der Waals surface area contributed by atoms with Gasteiger partial charge in [-0.3, -0.25) is 0 Å². The fourth-order valence-corrected chi connectivity index (χ4v) is 2.04. The van der Waals surface area contributed by atoms with Gasteiger partial charge in [0.25, 0.3) is 0 Å². The van der Waals surface area contributed by atoms with E-state index in [0.717, 1.165) is 13.0 Å². The highest BCUT2D eigenvalue weighted by molar-refractivity contribution is 6.31. The second-order valence-corrected chi connectivity index (χ2v) is 5.03. The van der Waals surface area contributed by atoms with Crippen molar-refractivity contribution in [3.8, 4) is 0 Å². The van der Waals surface area contributed by atoms with Crippen molar-refractivity contribution in [2.24, 2.45) is 5.92 Å². The summed E-state index contributed by atoms with van der Waals surface area (Å²) < 4.78 is 13.6. The molecule has 0 spiro atoms. The minimum atomic E-state index is -0.202. The molecule has 0 radical (unpaired) electrons. The quantitative estimate of drug-likeness (QED) is 0.811. The average Bonchev–Trinajstić information content (AvgIpc) is 2.30. The molecule has 0 amide bonds. The molecule has 3 heteroatoms. The van der Waals surface area contributed by atoms with Crippen LogP contribution < -0.4 is 5.32 Å². The monoisotopic (exact) mass is 257 g/mol. The summed E-state index contributed by atoms with van der Waals surface area (Å²) in [5.74, 6) is 0.156. The molecule has 17 heavy (non-hydrogen) atoms. The first-order valence-corrected chi connectivity index (χ1v) is 6.60. The third-order valence-electron chi connectivity index (χ3n) is 3.16. The molecule has 0 aliphatic rings. The molecule has 0 fully saturated rings. The van der Waals surface area contributed by atoms with Crippen LogP contribution in [0.1, 0.15) is 32.8 Å². The van der Waals surface area contributed by atoms with Gasteiger partial charge in [-0.05, 0) is 44.4 Å². The standard InChI is InChI=1S/C14H21ClFN/c1-4-8-17-11(3)10(2)9-12-13(15)6-5-7-14(12)16/h5-7,10-11,17H,4,8-9H2,1-3H3. The normalized spacial score (nSPS) is 14.6. The van der Waals surface area contributed by atoms with Gasteiger partial charge < -0.3 is 5.32 Å². The maximum atomic E-state index is 13.6. The molecular weight excluding hydrogens is 237 g/mol. The molecule has 0 aromatic heterocycles. The highest BCUT2D eigenvalue weighted by Gasteiger charge is 2.16. The Morgan fingerprint density at radius 3 is 2.65 bits per heavy atom. The van der Waals surface area contributed by atoms with Crippen molar-refractivity contribution < 1.29 is 4.39 Å². The van der Waals surface area contributed by atoms with Crippen LogP contribution in [-0.2, 0) is 6.42 Å². The lowest BCUT2D eigenvalue weighted by molar-refractivity contribution is 0.394. The Morgan fingerprint density at radius 1 is 1.35 bits per heavy atom. The fraction of sp³-hybridized carbons (Fsp3) is 0.571. The van der Waals surface area contributed by atoms with Crippen LogP contribution in [0.3, 0.4) is 0 Å². The van der Waals surface area contributed by atoms with Crippen molar-refractivity contribution in [2.75, 3.05) is 6.54 Å². The number of rotatable bonds is 6. The molecule has 0 aliphatic heterocycles. The minimum absolute atomic E-state index is 0.202. The molecule has 2 unspecified atom stereocenters. The largest absolute Gasteiger partial charge is 0.314 e. The molecule has 96 valence electrons. The summed E-state index contributed by atoms with van der Waals surface area (Å²) >= 11 is 6.02. The summed E-state index contributed by atoms with van der Waals surface area (Å²) in [6.07, 6.45) is 1.78. The Hall–Kier alpha value is -0.600. The van der Waals surface area contributed by atoms with Crippen molar-refractivity contribution in [3.63, 3.8) is 0 Å². The number of nitrogens with one attached hydrogen (secondary N) is 1. The Labute approximate surface area is 108 Å². The number of hydrogen-bond acceptors (Lipinski definition) is 1. The Kier molecular flexibility index (Phi) is 5.93. The second kappa shape index (κ2) is 6.97. The third-order valence-corrected chi connectivity index (χ3v) is 3.51. The molecule has 1 rings (SSSR count). The van der Waals surface area contributed by atoms with Gasteiger partial charge in [0.2, 0.25) is 0 Å². The smallest absolute Gasteiger partial charge is 0.127 e. The Bertz CT molecular complexity index is 334. The zero-order chi connectivity index (χ0) is 12.8. The lowest BCUT2D eigenvalue weighted by Gasteiger charge is -2.21. The molecule has 0 saturated carbocycles. The van der Waals surface area contributed by atoms with Crippen LogP contribution in [0.2, 0.25) is 5.02 Å². The summed E-state index contributed by atoms with van der Waals surface area (Å²) in [5.41, 5.74) is 0.631. The van der Waals surface area contributed by atoms with Crippen molar-refractivity contribution in [2.45, 2.75) is 39.7 Å². The van der Waals surface area contributed by atoms with Crippen molar-refractivity contribution in [1.29, 1.82) is 0 Å². The summed E-state index contributed by atoms with van der Waals surface area (Å²) in [5, 5.41) is 3.95. The summed E-state index contributed by atoms with van der Waals surface area (Å²) in [6.45, 7) is 7.39. The minimum Gasteiger partial charge on any atom is -0.314 e. The van der Waals surface area contributed by atoms with Crippen molar-refractivity contribution >= 4 is 11.6 Å². The lowest BCUT2D eigenvalue weighted by Crippen LogP contribution is -2.33. The second-order valence-electron chi connectivity index (χ2n) is 4.62. The van der Waals surface area contributed by atoms with Crippen LogP contribution in [0.15, 0.2) is 18.2 Å². The van der Waals surface area contributed by atoms with Gasteiger partial charge in [0.1, 0.15) is 5.82 Å². The van der Waals surface area contributed by atoms with Crippen molar-refractivity contribution in [3.05, 3.63) is 34.6 Å². The molecular formula is C14H21ClFN. The SMILES string of the molecule is CCCNC(C)C(C)Cc1c(F)cccc1Cl. The zero-order valence-electron chi connectivity index (χ0n) is 10.8. The van der Waals surface area contributed by atoms with Crippen molar-refractivity contribution in [1.82, 2.24) is 5.32 Å². The maximum Gasteiger partial charge on any atom is 0.127 e. The fourth-order valence-electron chi connectivity index (χ4n) is 1.80. The first-order valence-electron chi connectivity index (χ1n) is 6.22. The van der Waals surface area contributed by atoms with Crippen LogP contribution >= 0.6 is 11.6 Å². The lowest BCUT2D eigenvalue weighted by atomic mass is 9.94. The first-order chi connectivity index (χ1) is 8.06. The maximum absolute atomic E-state index is 13.6. The van der Waals surface area contributed by atoms with Gasteiger partial charge in [-0.25, -0.2) is 4.39 Å². The van der Waals surface area contributed by atoms with Crippen LogP contribution in [0, 0.1) is 11.7 Å². The third kappa shape index (κ3) is 4.29. The number of hydrogen-bond donors (Lipinski definition) is 1. The van der Waals surface area contributed by atoms with E-state index in [2.05, 4.69) is 26.1 Å². The van der Waals surface area contributed by atoms with E-state index < -0.39 is 0 Å². The topological polar surface area (TPSA) is 12.0 Å². The van der Waals surface area contributed by atoms with Crippen LogP contribution in [-0.4, -0.2) is 12.6 Å². The number of halogens is 2. The summed E-state index contributed by atoms with van der Waals surface area (Å²) in [6, 6.07) is 5.23. The van der Waals surface area contributed by atoms with E-state index in [9.17, 15) is 4.39 Å². The number of benzene rings is 1. The molecule has 0 heterocycles. The van der Waals surface area contributed by atoms with E-state index in [1.807, 2.05) is 0 Å². The summed E-state index contributed by atoms with van der Waals surface area (Å²) in [4.78, 5) is 0. The Morgan fingerprint density at radius 2 is 2.06 bits per heavy atom. The first kappa shape index (κ1) is 14.5. The molecule has 2 atom stereocenters. The van der Waals surface area contributed by atoms with Gasteiger partial charge in [-0.1, -0.05) is 31.5 Å². The van der Waals surface area contributed by atoms with Gasteiger partial charge in [-0.2, -0.15) is 0 Å². The average molecular weight is 258 g/mol. The molecule has 0 bridgehead atoms. The van der Waals surface area contributed by atoms with Gasteiger partial charge in [0.05, 0.1) is 0 Å². The van der Waals surface area contributed by atoms with E-state index in [0.29, 0.717) is 29.0 Å². The van der Waals surface area contributed by atoms with Crippen LogP contribution in [0.5, 0.6) is 0 Å². The van der Waals surface area contributed by atoms with Gasteiger partial charge in [-0.15, -0.1) is 0 Å². The Balaban J connectivity index is 2.64. The highest BCUT2D eigenvalue weighted by atomic mass is 35.5. The van der Waals surface area contributed by atoms with Crippen LogP contribution in [0.25, 0.3) is 0 Å². The van der Waals surface area contributed by atoms with E-state index in [-0.39, 0.29) is 5.82 Å². The summed E-state index contributed by atoms with van der Waals surface area (Å²) in [7, 11) is 0. The van der Waals surface area contributed by atoms with Gasteiger partial charge in [0.15, 0.2) is 0 Å². The predicted molar refractivity (Wildman–Crippen MR) is 72.0 cm³/mol. The van der Waals surface area contributed by atoms with E-state index >= 15 is 0 Å². The van der Waals surface area contributed by atoms with E-state index in [1.54, 1.807) is 12.1 Å². The molecule has 1 nitrogen and oxygen atoms in total.